The SMILES string of the molecule is CN(C)c1cccc2c(S(=O)(=O)NCCCNC[C@@H]3N[C@@H](CO)[C@H](O)[C@H]3O)cccc12. The number of nitrogens with one attached hydrogen (secondary N) is 3. The van der Waals surface area contributed by atoms with Crippen molar-refractivity contribution in [3.05, 3.63) is 36.4 Å². The predicted molar refractivity (Wildman–Crippen MR) is 121 cm³/mol. The van der Waals surface area contributed by atoms with Crippen molar-refractivity contribution in [1.29, 1.82) is 0 Å². The van der Waals surface area contributed by atoms with Gasteiger partial charge in [0.1, 0.15) is 0 Å². The van der Waals surface area contributed by atoms with E-state index in [-0.39, 0.29) is 24.1 Å². The molecule has 1 aliphatic heterocycles. The summed E-state index contributed by atoms with van der Waals surface area (Å²) in [6, 6.07) is 9.98. The van der Waals surface area contributed by atoms with Crippen LogP contribution in [-0.4, -0.2) is 88.4 Å². The zero-order valence-corrected chi connectivity index (χ0v) is 18.6. The van der Waals surface area contributed by atoms with E-state index in [1.165, 1.54) is 0 Å². The number of fused-ring (bicyclic) bond motifs is 1. The molecule has 0 amide bonds. The Bertz CT molecular complexity index is 985. The Morgan fingerprint density at radius 2 is 1.68 bits per heavy atom. The van der Waals surface area contributed by atoms with Crippen LogP contribution in [0.4, 0.5) is 5.69 Å². The van der Waals surface area contributed by atoms with Crippen LogP contribution in [0.3, 0.4) is 0 Å². The average Bonchev–Trinajstić information content (AvgIpc) is 3.03. The van der Waals surface area contributed by atoms with Crippen molar-refractivity contribution in [3.63, 3.8) is 0 Å². The average molecular weight is 453 g/mol. The van der Waals surface area contributed by atoms with E-state index >= 15 is 0 Å². The highest BCUT2D eigenvalue weighted by Gasteiger charge is 2.40. The van der Waals surface area contributed by atoms with E-state index in [0.717, 1.165) is 11.1 Å². The fraction of sp³-hybridized carbons (Fsp3) is 0.524. The predicted octanol–water partition coefficient (Wildman–Crippen LogP) is -0.782. The lowest BCUT2D eigenvalue weighted by Crippen LogP contribution is -2.43. The van der Waals surface area contributed by atoms with Gasteiger partial charge in [0.2, 0.25) is 10.0 Å². The standard InChI is InChI=1S/C21H32N4O5S/c1-25(2)18-8-3-7-15-14(18)6-4-9-19(15)31(29,30)23-11-5-10-22-12-16-20(27)21(28)17(13-26)24-16/h3-4,6-9,16-17,20-24,26-28H,5,10-13H2,1-2H3/t16-,17-,20-,21-/m0/s1. The Morgan fingerprint density at radius 1 is 1.00 bits per heavy atom. The van der Waals surface area contributed by atoms with Crippen LogP contribution in [0.1, 0.15) is 6.42 Å². The number of sulfonamides is 1. The van der Waals surface area contributed by atoms with E-state index in [0.29, 0.717) is 24.9 Å². The van der Waals surface area contributed by atoms with E-state index in [1.54, 1.807) is 12.1 Å². The first-order valence-electron chi connectivity index (χ1n) is 10.4. The molecule has 31 heavy (non-hydrogen) atoms. The highest BCUT2D eigenvalue weighted by Crippen LogP contribution is 2.30. The van der Waals surface area contributed by atoms with Gasteiger partial charge in [0.05, 0.1) is 29.8 Å². The molecule has 172 valence electrons. The smallest absolute Gasteiger partial charge is 0.241 e. The summed E-state index contributed by atoms with van der Waals surface area (Å²) >= 11 is 0. The Hall–Kier alpha value is -1.79. The number of benzene rings is 2. The largest absolute Gasteiger partial charge is 0.395 e. The molecule has 0 unspecified atom stereocenters. The quantitative estimate of drug-likeness (QED) is 0.259. The van der Waals surface area contributed by atoms with Gasteiger partial charge in [0.25, 0.3) is 0 Å². The second-order valence-electron chi connectivity index (χ2n) is 8.02. The van der Waals surface area contributed by atoms with Gasteiger partial charge in [0.15, 0.2) is 0 Å². The lowest BCUT2D eigenvalue weighted by molar-refractivity contribution is 0.0197. The van der Waals surface area contributed by atoms with Gasteiger partial charge in [-0.25, -0.2) is 13.1 Å². The Balaban J connectivity index is 1.53. The van der Waals surface area contributed by atoms with Gasteiger partial charge < -0.3 is 30.9 Å². The first-order chi connectivity index (χ1) is 14.8. The van der Waals surface area contributed by atoms with Crippen LogP contribution >= 0.6 is 0 Å². The van der Waals surface area contributed by atoms with Crippen LogP contribution in [0.5, 0.6) is 0 Å². The molecule has 0 aliphatic carbocycles. The van der Waals surface area contributed by atoms with Crippen LogP contribution in [0.25, 0.3) is 10.8 Å². The third-order valence-electron chi connectivity index (χ3n) is 5.62. The highest BCUT2D eigenvalue weighted by atomic mass is 32.2. The summed E-state index contributed by atoms with van der Waals surface area (Å²) in [6.07, 6.45) is -1.40. The molecular weight excluding hydrogens is 420 g/mol. The molecule has 2 aromatic carbocycles. The van der Waals surface area contributed by atoms with E-state index in [4.69, 9.17) is 0 Å². The molecule has 0 radical (unpaired) electrons. The Labute approximate surface area is 183 Å². The van der Waals surface area contributed by atoms with Crippen LogP contribution in [-0.2, 0) is 10.0 Å². The summed E-state index contributed by atoms with van der Waals surface area (Å²) in [4.78, 5) is 2.21. The van der Waals surface area contributed by atoms with Crippen molar-refractivity contribution in [2.75, 3.05) is 45.2 Å². The second-order valence-corrected chi connectivity index (χ2v) is 9.76. The normalized spacial score (nSPS) is 24.0. The zero-order chi connectivity index (χ0) is 22.6. The number of hydrogen-bond acceptors (Lipinski definition) is 8. The molecule has 1 saturated heterocycles. The molecule has 0 bridgehead atoms. The van der Waals surface area contributed by atoms with Crippen LogP contribution in [0.2, 0.25) is 0 Å². The van der Waals surface area contributed by atoms with Gasteiger partial charge in [0, 0.05) is 49.7 Å². The Kier molecular flexibility index (Phi) is 7.87. The third-order valence-corrected chi connectivity index (χ3v) is 7.14. The number of aliphatic hydroxyl groups is 3. The number of aliphatic hydroxyl groups excluding tert-OH is 3. The van der Waals surface area contributed by atoms with E-state index in [9.17, 15) is 23.7 Å². The maximum absolute atomic E-state index is 12.9. The van der Waals surface area contributed by atoms with Gasteiger partial charge in [-0.3, -0.25) is 0 Å². The summed E-state index contributed by atoms with van der Waals surface area (Å²) in [6.45, 7) is 0.952. The Morgan fingerprint density at radius 3 is 2.35 bits per heavy atom. The lowest BCUT2D eigenvalue weighted by atomic mass is 10.1. The van der Waals surface area contributed by atoms with Crippen molar-refractivity contribution in [1.82, 2.24) is 15.4 Å². The first kappa shape index (κ1) is 23.9. The molecule has 0 spiro atoms. The summed E-state index contributed by atoms with van der Waals surface area (Å²) in [7, 11) is 0.177. The van der Waals surface area contributed by atoms with Crippen molar-refractivity contribution < 1.29 is 23.7 Å². The highest BCUT2D eigenvalue weighted by molar-refractivity contribution is 7.89. The minimum Gasteiger partial charge on any atom is -0.395 e. The molecule has 0 aromatic heterocycles. The maximum Gasteiger partial charge on any atom is 0.241 e. The number of hydrogen-bond donors (Lipinski definition) is 6. The molecule has 1 heterocycles. The van der Waals surface area contributed by atoms with Crippen LogP contribution < -0.4 is 20.3 Å². The number of anilines is 1. The van der Waals surface area contributed by atoms with Crippen LogP contribution in [0.15, 0.2) is 41.3 Å². The fourth-order valence-corrected chi connectivity index (χ4v) is 5.23. The van der Waals surface area contributed by atoms with E-state index < -0.39 is 28.3 Å². The fourth-order valence-electron chi connectivity index (χ4n) is 3.93. The summed E-state index contributed by atoms with van der Waals surface area (Å²) in [5, 5.41) is 36.6. The number of rotatable bonds is 10. The first-order valence-corrected chi connectivity index (χ1v) is 11.9. The third kappa shape index (κ3) is 5.35. The van der Waals surface area contributed by atoms with Crippen molar-refractivity contribution in [2.24, 2.45) is 0 Å². The number of nitrogens with zero attached hydrogens (tertiary/aromatic N) is 1. The molecule has 0 saturated carbocycles. The van der Waals surface area contributed by atoms with Gasteiger partial charge in [-0.05, 0) is 25.1 Å². The molecular formula is C21H32N4O5S. The minimum absolute atomic E-state index is 0.249. The second kappa shape index (κ2) is 10.2. The van der Waals surface area contributed by atoms with E-state index in [2.05, 4.69) is 15.4 Å². The summed E-state index contributed by atoms with van der Waals surface area (Å²) in [5.41, 5.74) is 0.954. The van der Waals surface area contributed by atoms with Crippen molar-refractivity contribution >= 4 is 26.5 Å². The van der Waals surface area contributed by atoms with Crippen LogP contribution in [0, 0.1) is 0 Å². The lowest BCUT2D eigenvalue weighted by Gasteiger charge is -2.17. The molecule has 1 aliphatic rings. The molecule has 3 rings (SSSR count). The zero-order valence-electron chi connectivity index (χ0n) is 17.8. The molecule has 9 nitrogen and oxygen atoms in total. The summed E-state index contributed by atoms with van der Waals surface area (Å²) < 4.78 is 28.4. The van der Waals surface area contributed by atoms with Gasteiger partial charge >= 0.3 is 0 Å². The van der Waals surface area contributed by atoms with Crippen molar-refractivity contribution in [3.8, 4) is 0 Å². The van der Waals surface area contributed by atoms with Gasteiger partial charge in [-0.1, -0.05) is 24.3 Å². The van der Waals surface area contributed by atoms with Crippen molar-refractivity contribution in [2.45, 2.75) is 35.6 Å². The molecule has 10 heteroatoms. The van der Waals surface area contributed by atoms with Gasteiger partial charge in [-0.2, -0.15) is 0 Å². The monoisotopic (exact) mass is 452 g/mol. The van der Waals surface area contributed by atoms with Gasteiger partial charge in [-0.15, -0.1) is 0 Å². The van der Waals surface area contributed by atoms with E-state index in [1.807, 2.05) is 43.3 Å². The molecule has 4 atom stereocenters. The molecule has 2 aromatic rings. The molecule has 6 N–H and O–H groups in total. The summed E-state index contributed by atoms with van der Waals surface area (Å²) in [5.74, 6) is 0. The minimum atomic E-state index is -3.67. The maximum atomic E-state index is 12.9. The topological polar surface area (TPSA) is 134 Å². The molecule has 1 fully saturated rings.